The first-order valence-corrected chi connectivity index (χ1v) is 11.0. The molecule has 0 amide bonds. The molecule has 0 spiro atoms. The van der Waals surface area contributed by atoms with Crippen molar-refractivity contribution < 1.29 is 132 Å². The maximum Gasteiger partial charge on any atom is 0.0234 e. The molecule has 173 valence electrons. The number of nitrogens with zero attached hydrogens (tertiary/aromatic N) is 3. The molecule has 2 saturated heterocycles. The Morgan fingerprint density at radius 2 is 0.970 bits per heavy atom. The van der Waals surface area contributed by atoms with Gasteiger partial charge in [-0.3, -0.25) is 4.90 Å². The van der Waals surface area contributed by atoms with Crippen molar-refractivity contribution in [2.24, 2.45) is 0 Å². The van der Waals surface area contributed by atoms with Gasteiger partial charge < -0.3 is 27.0 Å². The van der Waals surface area contributed by atoms with E-state index in [1.165, 1.54) is 11.1 Å². The van der Waals surface area contributed by atoms with Gasteiger partial charge >= 0.3 is 0 Å². The van der Waals surface area contributed by atoms with Crippen LogP contribution in [0.3, 0.4) is 0 Å². The Morgan fingerprint density at radius 3 is 1.36 bits per heavy atom. The fourth-order valence-electron chi connectivity index (χ4n) is 3.72. The van der Waals surface area contributed by atoms with E-state index in [-0.39, 0.29) is 132 Å². The molecule has 2 aliphatic heterocycles. The van der Waals surface area contributed by atoms with Gasteiger partial charge in [-0.1, -0.05) is 59.7 Å². The average molecular weight is 1090 g/mol. The fraction of sp³-hybridized carbons (Fsp3) is 0.500. The summed E-state index contributed by atoms with van der Waals surface area (Å²) in [5, 5.41) is 7.68. The van der Waals surface area contributed by atoms with Crippen LogP contribution in [0.15, 0.2) is 48.5 Å². The Labute approximate surface area is 307 Å². The molecule has 0 atom stereocenters. The molecule has 6 nitrogen and oxygen atoms in total. The molecule has 2 aromatic carbocycles. The standard InChI is InChI=1S/C12H18N3.C12H17N3.3Ac/c2*13-9-11-1-3-12(4-2-11)10-15-7-5-14-6-8-15;;;/h1-4,13-14H,5-10H2;1-4,13H,5-10H2;;;/q-1;-2;;;. The smallest absolute Gasteiger partial charge is 0.0234 e. The van der Waals surface area contributed by atoms with E-state index in [1.807, 2.05) is 0 Å². The van der Waals surface area contributed by atoms with Crippen molar-refractivity contribution in [2.45, 2.75) is 26.2 Å². The summed E-state index contributed by atoms with van der Waals surface area (Å²) in [6, 6.07) is 16.8. The second kappa shape index (κ2) is 21.5. The van der Waals surface area contributed by atoms with Crippen molar-refractivity contribution in [1.29, 1.82) is 0 Å². The Kier molecular flexibility index (Phi) is 23.1. The second-order valence-corrected chi connectivity index (χ2v) is 7.96. The van der Waals surface area contributed by atoms with E-state index in [1.54, 1.807) is 0 Å². The van der Waals surface area contributed by atoms with E-state index in [0.29, 0.717) is 13.1 Å². The summed E-state index contributed by atoms with van der Waals surface area (Å²) in [6.07, 6.45) is 0. The molecule has 33 heavy (non-hydrogen) atoms. The summed E-state index contributed by atoms with van der Waals surface area (Å²) in [5.41, 5.74) is 19.4. The molecule has 0 bridgehead atoms. The van der Waals surface area contributed by atoms with Crippen LogP contribution in [0.5, 0.6) is 0 Å². The van der Waals surface area contributed by atoms with Crippen LogP contribution < -0.4 is 5.32 Å². The number of piperazine rings is 2. The zero-order valence-corrected chi connectivity index (χ0v) is 33.9. The second-order valence-electron chi connectivity index (χ2n) is 7.96. The van der Waals surface area contributed by atoms with Crippen molar-refractivity contribution in [3.05, 3.63) is 87.6 Å². The van der Waals surface area contributed by atoms with Crippen LogP contribution in [0.25, 0.3) is 16.8 Å². The average Bonchev–Trinajstić information content (AvgIpc) is 2.82. The number of hydrogen-bond acceptors (Lipinski definition) is 3. The predicted octanol–water partition coefficient (Wildman–Crippen LogP) is 4.07. The first kappa shape index (κ1) is 35.5. The zero-order valence-electron chi connectivity index (χ0n) is 19.7. The quantitative estimate of drug-likeness (QED) is 0.475. The molecule has 2 aliphatic rings. The first-order valence-electron chi connectivity index (χ1n) is 11.0. The molecule has 0 unspecified atom stereocenters. The molecule has 9 heteroatoms. The van der Waals surface area contributed by atoms with Gasteiger partial charge in [-0.15, -0.1) is 26.2 Å². The summed E-state index contributed by atoms with van der Waals surface area (Å²) < 4.78 is 0. The summed E-state index contributed by atoms with van der Waals surface area (Å²) in [6.45, 7) is 11.4. The molecule has 3 radical (unpaired) electrons. The topological polar surface area (TPSA) is 80.2 Å². The predicted molar refractivity (Wildman–Crippen MR) is 125 cm³/mol. The number of benzene rings is 2. The molecule has 4 rings (SSSR count). The molecule has 2 aromatic rings. The van der Waals surface area contributed by atoms with Crippen molar-refractivity contribution in [3.8, 4) is 0 Å². The van der Waals surface area contributed by atoms with Crippen molar-refractivity contribution >= 4 is 0 Å². The molecular formula is C24H35Ac3N6-3. The van der Waals surface area contributed by atoms with Crippen molar-refractivity contribution in [1.82, 2.24) is 15.1 Å². The van der Waals surface area contributed by atoms with Crippen LogP contribution in [0, 0.1) is 132 Å². The van der Waals surface area contributed by atoms with Crippen LogP contribution in [-0.2, 0) is 26.2 Å². The van der Waals surface area contributed by atoms with E-state index in [2.05, 4.69) is 69.0 Å². The Balaban J connectivity index is 0.000000569. The van der Waals surface area contributed by atoms with Gasteiger partial charge in [0.2, 0.25) is 0 Å². The maximum absolute atomic E-state index is 7.25. The molecule has 3 N–H and O–H groups in total. The third kappa shape index (κ3) is 14.3. The van der Waals surface area contributed by atoms with E-state index < -0.39 is 0 Å². The molecule has 2 fully saturated rings. The third-order valence-electron chi connectivity index (χ3n) is 5.62. The molecule has 0 aromatic heterocycles. The largest absolute Gasteiger partial charge is 0.674 e. The minimum absolute atomic E-state index is 0. The van der Waals surface area contributed by atoms with Crippen molar-refractivity contribution in [3.63, 3.8) is 0 Å². The molecule has 0 saturated carbocycles. The van der Waals surface area contributed by atoms with Gasteiger partial charge in [-0.25, -0.2) is 0 Å². The fourth-order valence-corrected chi connectivity index (χ4v) is 3.72. The minimum Gasteiger partial charge on any atom is -0.674 e. The van der Waals surface area contributed by atoms with Gasteiger partial charge in [0, 0.05) is 171 Å². The summed E-state index contributed by atoms with van der Waals surface area (Å²) in [4.78, 5) is 4.90. The monoisotopic (exact) mass is 1090 g/mol. The Bertz CT molecular complexity index is 654. The van der Waals surface area contributed by atoms with Gasteiger partial charge in [0.25, 0.3) is 0 Å². The van der Waals surface area contributed by atoms with Gasteiger partial charge in [0.15, 0.2) is 0 Å². The zero-order chi connectivity index (χ0) is 21.0. The van der Waals surface area contributed by atoms with E-state index in [9.17, 15) is 0 Å². The van der Waals surface area contributed by atoms with Gasteiger partial charge in [0.1, 0.15) is 0 Å². The molecule has 2 heterocycles. The third-order valence-corrected chi connectivity index (χ3v) is 5.62. The van der Waals surface area contributed by atoms with Crippen LogP contribution in [-0.4, -0.2) is 62.2 Å². The van der Waals surface area contributed by atoms with Gasteiger partial charge in [-0.05, 0) is 24.2 Å². The summed E-state index contributed by atoms with van der Waals surface area (Å²) in [7, 11) is 0. The van der Waals surface area contributed by atoms with E-state index in [4.69, 9.17) is 11.5 Å². The van der Waals surface area contributed by atoms with E-state index >= 15 is 0 Å². The number of rotatable bonds is 6. The minimum atomic E-state index is 0. The maximum atomic E-state index is 7.25. The van der Waals surface area contributed by atoms with Crippen LogP contribution >= 0.6 is 0 Å². The number of nitrogens with one attached hydrogen (secondary N) is 3. The first-order chi connectivity index (χ1) is 14.8. The summed E-state index contributed by atoms with van der Waals surface area (Å²) >= 11 is 0. The van der Waals surface area contributed by atoms with Crippen LogP contribution in [0.4, 0.5) is 0 Å². The Hall–Kier alpha value is 2.52. The normalized spacial score (nSPS) is 16.3. The SMILES string of the molecule is [Ac].[Ac].[Ac].[NH-]Cc1ccc(CN2CCNCC2)cc1.[NH-]Cc1ccc(CN2CC[N-]CC2)cc1. The summed E-state index contributed by atoms with van der Waals surface area (Å²) in [5.74, 6) is 0. The van der Waals surface area contributed by atoms with Crippen molar-refractivity contribution in [2.75, 3.05) is 52.4 Å². The van der Waals surface area contributed by atoms with Gasteiger partial charge in [0.05, 0.1) is 0 Å². The van der Waals surface area contributed by atoms with Gasteiger partial charge in [-0.2, -0.15) is 0 Å². The van der Waals surface area contributed by atoms with E-state index in [0.717, 1.165) is 76.6 Å². The van der Waals surface area contributed by atoms with Crippen LogP contribution in [0.1, 0.15) is 22.3 Å². The molecule has 0 aliphatic carbocycles. The Morgan fingerprint density at radius 1 is 0.606 bits per heavy atom. The molecular weight excluding hydrogens is 1050 g/mol. The van der Waals surface area contributed by atoms with Crippen LogP contribution in [0.2, 0.25) is 0 Å². The number of hydrogen-bond donors (Lipinski definition) is 1.